The molecule has 0 aromatic carbocycles. The van der Waals surface area contributed by atoms with Crippen LogP contribution in [0.4, 0.5) is 0 Å². The Morgan fingerprint density at radius 1 is 0.525 bits per heavy atom. The van der Waals surface area contributed by atoms with Gasteiger partial charge in [-0.1, -0.05) is 0 Å². The predicted molar refractivity (Wildman–Crippen MR) is 394 cm³/mol. The molecule has 2 amide bonds. The van der Waals surface area contributed by atoms with Crippen LogP contribution in [0.1, 0.15) is 72.8 Å². The molecule has 0 saturated carbocycles. The third-order valence-electron chi connectivity index (χ3n) is 16.3. The molecule has 0 unspecified atom stereocenters. The number of aromatic amines is 3. The Labute approximate surface area is 586 Å². The average Bonchev–Trinajstić information content (AvgIpc) is 1.70. The number of hydrogen-bond acceptors (Lipinski definition) is 24. The molecule has 4 aromatic rings. The number of nitrogens with one attached hydrogen (secondary N) is 5. The fraction of sp³-hybridized carbons (Fsp3) is 0.639. The molecule has 0 spiro atoms. The summed E-state index contributed by atoms with van der Waals surface area (Å²) in [7, 11) is 4.88. The number of H-pyrrole nitrogens is 3. The van der Waals surface area contributed by atoms with Crippen LogP contribution in [0, 0.1) is 4.77 Å². The molecule has 8 heterocycles. The summed E-state index contributed by atoms with van der Waals surface area (Å²) >= 11 is 7.90. The van der Waals surface area contributed by atoms with E-state index in [0.29, 0.717) is 54.6 Å². The summed E-state index contributed by atoms with van der Waals surface area (Å²) in [5.41, 5.74) is 7.64. The van der Waals surface area contributed by atoms with Crippen molar-refractivity contribution in [1.82, 2.24) is 48.8 Å². The number of ether oxygens (including phenoxy) is 5. The van der Waals surface area contributed by atoms with Gasteiger partial charge >= 0.3 is 161 Å². The van der Waals surface area contributed by atoms with Gasteiger partial charge in [0, 0.05) is 48.9 Å². The number of aromatic nitrogens is 8. The number of methoxy groups -OCH3 is 1. The van der Waals surface area contributed by atoms with Crippen molar-refractivity contribution in [3.63, 3.8) is 0 Å². The van der Waals surface area contributed by atoms with Gasteiger partial charge in [-0.05, 0) is 97.0 Å². The van der Waals surface area contributed by atoms with Crippen molar-refractivity contribution in [2.75, 3.05) is 99.2 Å². The van der Waals surface area contributed by atoms with Gasteiger partial charge in [0.1, 0.15) is 36.6 Å². The minimum atomic E-state index is -1.35. The molecular formula is C61H101N12O20P4SSe. The van der Waals surface area contributed by atoms with Gasteiger partial charge in [0.15, 0.2) is 23.5 Å². The second-order valence-corrected chi connectivity index (χ2v) is 46.2. The Balaban J connectivity index is 0.000000238. The summed E-state index contributed by atoms with van der Waals surface area (Å²) in [4.78, 5) is 105. The molecule has 557 valence electrons. The first-order chi connectivity index (χ1) is 45.8. The first-order valence-corrected chi connectivity index (χ1v) is 45.1. The molecule has 4 fully saturated rings. The number of nitrogens with two attached hydrogens (primary N) is 2. The van der Waals surface area contributed by atoms with Crippen LogP contribution in [-0.2, 0) is 59.2 Å². The van der Waals surface area contributed by atoms with Crippen molar-refractivity contribution in [3.8, 4) is 0 Å². The number of carbonyl (C=O) groups excluding carboxylic acids is 2. The van der Waals surface area contributed by atoms with Gasteiger partial charge in [-0.15, -0.1) is 39.6 Å². The number of hydrogen-bond donors (Lipinski definition) is 14. The first kappa shape index (κ1) is 85.1. The maximum atomic E-state index is 12.2. The molecule has 99 heavy (non-hydrogen) atoms. The van der Waals surface area contributed by atoms with E-state index < -0.39 is 160 Å². The van der Waals surface area contributed by atoms with Crippen LogP contribution in [0.3, 0.4) is 0 Å². The molecule has 4 saturated heterocycles. The summed E-state index contributed by atoms with van der Waals surface area (Å²) < 4.78 is 34.3. The molecule has 4 aromatic heterocycles. The minimum absolute atomic E-state index is 0.0225. The summed E-state index contributed by atoms with van der Waals surface area (Å²) in [6.45, 7) is 12.3. The van der Waals surface area contributed by atoms with E-state index in [4.69, 9.17) is 47.4 Å². The quantitative estimate of drug-likeness (QED) is 0.0171. The number of primary amides is 2. The summed E-state index contributed by atoms with van der Waals surface area (Å²) in [5.74, 6) is -1.43. The maximum absolute atomic E-state index is 12.2. The van der Waals surface area contributed by atoms with Crippen molar-refractivity contribution < 1.29 is 69.0 Å². The zero-order valence-electron chi connectivity index (χ0n) is 57.8. The Bertz CT molecular complexity index is 4100. The van der Waals surface area contributed by atoms with Crippen molar-refractivity contribution in [1.29, 1.82) is 0 Å². The SMILES string of the molecule is C=P(C)(C)CC[C@H]1O[C@@H](n2cc(CC(N)=O)c(=O)[nH]c2=O)[C@H](O)[C@@H]1O.C=P(C)(C)CC[C@H]1O[C@@H](n2cc(CC(N)=O)c(=O)[nH]c2=O)[C@H](OC)[C@@H]1O.C=P(C)(C)CC[C@H]1O[C@@H](n2cc(CNC)c(=O)[nH]c2=S)[C@H](O)[C@@H]1O.C=P(C)(C)CC[C@H]1O[C@@H](n2cc(CNC)c(=O)nc2[Se])[C@H](O)[C@@H]1O. The van der Waals surface area contributed by atoms with E-state index in [-0.39, 0.29) is 39.9 Å². The van der Waals surface area contributed by atoms with E-state index in [1.54, 1.807) is 31.1 Å². The van der Waals surface area contributed by atoms with Gasteiger partial charge in [0.05, 0.1) is 31.2 Å². The van der Waals surface area contributed by atoms with Crippen molar-refractivity contribution in [2.45, 2.75) is 150 Å². The van der Waals surface area contributed by atoms with Crippen LogP contribution in [0.5, 0.6) is 0 Å². The molecule has 38 heteroatoms. The topological polar surface area (TPSA) is 480 Å². The molecule has 16 N–H and O–H groups in total. The van der Waals surface area contributed by atoms with Gasteiger partial charge in [-0.25, -0.2) is 9.59 Å². The van der Waals surface area contributed by atoms with E-state index in [9.17, 15) is 74.1 Å². The third kappa shape index (κ3) is 24.3. The number of carbonyl (C=O) groups is 2. The fourth-order valence-electron chi connectivity index (χ4n) is 11.0. The number of aliphatic hydroxyl groups is 7. The van der Waals surface area contributed by atoms with E-state index >= 15 is 0 Å². The van der Waals surface area contributed by atoms with Crippen LogP contribution in [0.15, 0.2) is 53.6 Å². The van der Waals surface area contributed by atoms with Crippen LogP contribution in [-0.4, -0.2) is 299 Å². The van der Waals surface area contributed by atoms with E-state index in [1.165, 1.54) is 17.9 Å². The molecule has 32 nitrogen and oxygen atoms in total. The van der Waals surface area contributed by atoms with Crippen LogP contribution in [0.2, 0.25) is 0 Å². The standard InChI is InChI=1S/C16H26N3O6P.C15H24N3O6P.C15H26N3O4PS.C15H25N3O4PSe/c1-24-13-12(21)10(5-6-26(2,3)4)25-15(13)19-8-9(7-11(17)20)14(22)18-16(19)23;1-25(2,3)5-4-9-11(20)12(21)14(24-9)18-7-8(6-10(16)19)13(22)17-15(18)23;2*1-16-7-9-8-18(15(24)17-13(9)21)14-12(20)11(19)10(22-14)5-6-23(2,3)4/h8,10,12-13,15,21H,2,5-7H2,1,3-4H3,(H2,17,20)(H,18,22,23);7,9,11-12,14,20-21H,1,4-6H2,2-3H3,(H2,16,19)(H,17,22,23);8,10-12,14,16,19-20H,2,5-7H2,1,3-4H3,(H,17,21,24);8,10-12,14,16,19-20H,2,5-7H2,1,3-4H3/t10-,12-,13-,15-;9-,11-,12-,14-;2*10-,11-,12-,14-/m1111/s1. The average molecular weight is 1560 g/mol. The Morgan fingerprint density at radius 3 is 1.20 bits per heavy atom. The number of rotatable bonds is 25. The van der Waals surface area contributed by atoms with Crippen molar-refractivity contribution >= 4 is 97.5 Å². The second-order valence-electron chi connectivity index (χ2n) is 27.8. The first-order valence-electron chi connectivity index (χ1n) is 31.6. The van der Waals surface area contributed by atoms with E-state index in [0.717, 1.165) is 40.0 Å². The van der Waals surface area contributed by atoms with Gasteiger partial charge in [-0.3, -0.25) is 52.6 Å². The zero-order chi connectivity index (χ0) is 74.7. The van der Waals surface area contributed by atoms with E-state index in [1.807, 2.05) is 13.3 Å². The summed E-state index contributed by atoms with van der Waals surface area (Å²) in [6.07, 6.45) is 12.8. The molecule has 4 aliphatic heterocycles. The van der Waals surface area contributed by atoms with E-state index in [2.05, 4.69) is 112 Å². The van der Waals surface area contributed by atoms with Crippen LogP contribution in [0.25, 0.3) is 0 Å². The molecule has 0 bridgehead atoms. The predicted octanol–water partition coefficient (Wildman–Crippen LogP) is -3.96. The molecule has 1 radical (unpaired) electrons. The molecule has 16 atom stereocenters. The fourth-order valence-corrected chi connectivity index (χ4v) is 15.6. The number of aliphatic hydroxyl groups excluding tert-OH is 7. The molecule has 4 aliphatic rings. The van der Waals surface area contributed by atoms with Gasteiger partial charge in [-0.2, -0.15) is 0 Å². The van der Waals surface area contributed by atoms with Gasteiger partial charge in [0.25, 0.3) is 16.7 Å². The Morgan fingerprint density at radius 2 is 0.838 bits per heavy atom. The van der Waals surface area contributed by atoms with Gasteiger partial charge in [0.2, 0.25) is 11.8 Å². The van der Waals surface area contributed by atoms with Gasteiger partial charge < -0.3 is 61.3 Å². The molecule has 8 rings (SSSR count). The third-order valence-corrected chi connectivity index (χ3v) is 23.2. The normalized spacial score (nSPS) is 27.0. The number of nitrogens with zero attached hydrogens (tertiary/aromatic N) is 5. The second kappa shape index (κ2) is 36.2. The van der Waals surface area contributed by atoms with Crippen LogP contribution < -0.4 is 60.4 Å². The molecular weight excluding hydrogens is 1460 g/mol. The summed E-state index contributed by atoms with van der Waals surface area (Å²) in [5, 5.41) is 78.1. The van der Waals surface area contributed by atoms with Crippen molar-refractivity contribution in [2.24, 2.45) is 11.5 Å². The Hall–Kier alpha value is -4.56. The number of amides is 2. The monoisotopic (exact) mass is 1560 g/mol. The molecule has 0 aliphatic carbocycles. The summed E-state index contributed by atoms with van der Waals surface area (Å²) in [6, 6.07) is 0. The Kier molecular flexibility index (Phi) is 31.1. The van der Waals surface area contributed by atoms with Crippen molar-refractivity contribution in [3.05, 3.63) is 114 Å². The zero-order valence-corrected chi connectivity index (χ0v) is 63.9. The van der Waals surface area contributed by atoms with Crippen LogP contribution >= 0.6 is 39.8 Å².